The average molecular weight is 246 g/mol. The molecule has 1 aromatic carbocycles. The lowest BCUT2D eigenvalue weighted by Crippen LogP contribution is -2.19. The minimum absolute atomic E-state index is 0.0395. The Hall–Kier alpha value is -1.56. The van der Waals surface area contributed by atoms with Gasteiger partial charge in [-0.25, -0.2) is 0 Å². The molecule has 0 aliphatic carbocycles. The van der Waals surface area contributed by atoms with Crippen LogP contribution in [0.3, 0.4) is 0 Å². The summed E-state index contributed by atoms with van der Waals surface area (Å²) in [7, 11) is 0. The Morgan fingerprint density at radius 3 is 2.12 bits per heavy atom. The minimum atomic E-state index is -4.53. The molecule has 0 bridgehead atoms. The van der Waals surface area contributed by atoms with Gasteiger partial charge >= 0.3 is 6.18 Å². The molecule has 0 aliphatic rings. The molecule has 0 spiro atoms. The predicted octanol–water partition coefficient (Wildman–Crippen LogP) is 2.50. The molecule has 1 rings (SSSR count). The van der Waals surface area contributed by atoms with Gasteiger partial charge in [-0.05, 0) is 23.8 Å². The summed E-state index contributed by atoms with van der Waals surface area (Å²) in [5.74, 6) is 0. The summed E-state index contributed by atoms with van der Waals surface area (Å²) in [5, 5.41) is 0. The summed E-state index contributed by atoms with van der Waals surface area (Å²) in [6, 6.07) is 6.15. The maximum absolute atomic E-state index is 12.1. The molecule has 0 unspecified atom stereocenters. The highest BCUT2D eigenvalue weighted by Crippen LogP contribution is 2.20. The molecule has 86 valence electrons. The van der Waals surface area contributed by atoms with Crippen molar-refractivity contribution >= 4 is 28.5 Å². The number of allylic oxidation sites excluding steroid dienone is 1. The number of hydrogen-bond donors (Lipinski definition) is 2. The molecule has 0 fully saturated rings. The Morgan fingerprint density at radius 2 is 1.69 bits per heavy atom. The number of anilines is 1. The Balaban J connectivity index is 2.94. The molecule has 2 nitrogen and oxygen atoms in total. The first-order valence-electron chi connectivity index (χ1n) is 4.25. The van der Waals surface area contributed by atoms with Crippen LogP contribution < -0.4 is 11.5 Å². The summed E-state index contributed by atoms with van der Waals surface area (Å²) < 4.78 is 36.4. The van der Waals surface area contributed by atoms with E-state index in [1.165, 1.54) is 12.1 Å². The van der Waals surface area contributed by atoms with Gasteiger partial charge in [0.25, 0.3) is 0 Å². The van der Waals surface area contributed by atoms with Gasteiger partial charge in [-0.3, -0.25) is 0 Å². The van der Waals surface area contributed by atoms with E-state index in [2.05, 4.69) is 12.2 Å². The summed E-state index contributed by atoms with van der Waals surface area (Å²) in [5.41, 5.74) is 11.8. The van der Waals surface area contributed by atoms with Crippen molar-refractivity contribution in [1.29, 1.82) is 0 Å². The van der Waals surface area contributed by atoms with Crippen molar-refractivity contribution in [2.75, 3.05) is 5.73 Å². The van der Waals surface area contributed by atoms with Crippen LogP contribution in [-0.4, -0.2) is 11.0 Å². The molecule has 1 aromatic rings. The monoisotopic (exact) mass is 246 g/mol. The van der Waals surface area contributed by atoms with Gasteiger partial charge in [0.1, 0.15) is 4.86 Å². The van der Waals surface area contributed by atoms with E-state index in [4.69, 9.17) is 11.5 Å². The Kier molecular flexibility index (Phi) is 3.54. The van der Waals surface area contributed by atoms with E-state index in [1.807, 2.05) is 0 Å². The van der Waals surface area contributed by atoms with E-state index in [9.17, 15) is 13.2 Å². The lowest BCUT2D eigenvalue weighted by Gasteiger charge is -2.06. The first-order valence-corrected chi connectivity index (χ1v) is 4.66. The molecule has 4 N–H and O–H groups in total. The van der Waals surface area contributed by atoms with Crippen molar-refractivity contribution in [3.63, 3.8) is 0 Å². The van der Waals surface area contributed by atoms with Crippen LogP contribution in [0.2, 0.25) is 0 Å². The van der Waals surface area contributed by atoms with E-state index in [0.717, 1.165) is 6.08 Å². The first kappa shape index (κ1) is 12.5. The quantitative estimate of drug-likeness (QED) is 0.479. The second kappa shape index (κ2) is 4.52. The number of thiocarbonyl (C=S) groups is 1. The molecule has 0 heterocycles. The van der Waals surface area contributed by atoms with Gasteiger partial charge in [-0.15, -0.1) is 0 Å². The van der Waals surface area contributed by atoms with Crippen LogP contribution in [-0.2, 0) is 0 Å². The van der Waals surface area contributed by atoms with Gasteiger partial charge in [0.05, 0.1) is 0 Å². The van der Waals surface area contributed by atoms with E-state index in [1.54, 1.807) is 12.1 Å². The van der Waals surface area contributed by atoms with Gasteiger partial charge in [-0.2, -0.15) is 13.2 Å². The second-order valence-corrected chi connectivity index (χ2v) is 3.52. The van der Waals surface area contributed by atoms with Crippen molar-refractivity contribution in [1.82, 2.24) is 0 Å². The van der Waals surface area contributed by atoms with Crippen LogP contribution in [0.15, 0.2) is 30.3 Å². The van der Waals surface area contributed by atoms with E-state index in [0.29, 0.717) is 11.3 Å². The fourth-order valence-corrected chi connectivity index (χ4v) is 1.11. The van der Waals surface area contributed by atoms with Crippen LogP contribution in [0.5, 0.6) is 0 Å². The minimum Gasteiger partial charge on any atom is -0.399 e. The maximum atomic E-state index is 12.1. The highest BCUT2D eigenvalue weighted by Gasteiger charge is 2.32. The molecule has 0 radical (unpaired) electrons. The van der Waals surface area contributed by atoms with Gasteiger partial charge in [-0.1, -0.05) is 24.4 Å². The number of hydrogen-bond acceptors (Lipinski definition) is 3. The average Bonchev–Trinajstić information content (AvgIpc) is 2.17. The van der Waals surface area contributed by atoms with E-state index in [-0.39, 0.29) is 5.70 Å². The highest BCUT2D eigenvalue weighted by atomic mass is 32.1. The fourth-order valence-electron chi connectivity index (χ4n) is 0.982. The topological polar surface area (TPSA) is 52.0 Å². The largest absolute Gasteiger partial charge is 0.426 e. The Morgan fingerprint density at radius 1 is 1.19 bits per heavy atom. The predicted molar refractivity (Wildman–Crippen MR) is 61.7 cm³/mol. The number of benzene rings is 1. The number of nitrogen functional groups attached to an aromatic ring is 1. The zero-order valence-corrected chi connectivity index (χ0v) is 8.90. The summed E-state index contributed by atoms with van der Waals surface area (Å²) >= 11 is 4.19. The molecule has 6 heteroatoms. The van der Waals surface area contributed by atoms with Crippen LogP contribution in [0.1, 0.15) is 5.56 Å². The molecular weight excluding hydrogens is 237 g/mol. The highest BCUT2D eigenvalue weighted by molar-refractivity contribution is 7.81. The normalized spacial score (nSPS) is 12.6. The molecule has 0 aromatic heterocycles. The molecule has 0 amide bonds. The van der Waals surface area contributed by atoms with Gasteiger partial charge in [0.2, 0.25) is 0 Å². The third-order valence-corrected chi connectivity index (χ3v) is 2.16. The lowest BCUT2D eigenvalue weighted by atomic mass is 10.1. The van der Waals surface area contributed by atoms with Crippen molar-refractivity contribution in [2.45, 2.75) is 6.18 Å². The third kappa shape index (κ3) is 3.23. The molecular formula is C10H9F3N2S. The van der Waals surface area contributed by atoms with Crippen molar-refractivity contribution in [3.05, 3.63) is 35.9 Å². The van der Waals surface area contributed by atoms with Crippen molar-refractivity contribution < 1.29 is 13.2 Å². The zero-order valence-electron chi connectivity index (χ0n) is 8.08. The van der Waals surface area contributed by atoms with Gasteiger partial charge < -0.3 is 11.5 Å². The van der Waals surface area contributed by atoms with E-state index < -0.39 is 11.0 Å². The number of nitrogens with two attached hydrogens (primary N) is 2. The van der Waals surface area contributed by atoms with Gasteiger partial charge in [0, 0.05) is 11.4 Å². The zero-order chi connectivity index (χ0) is 12.3. The number of halogens is 3. The molecule has 0 aliphatic heterocycles. The summed E-state index contributed by atoms with van der Waals surface area (Å²) in [6.07, 6.45) is -3.81. The molecule has 16 heavy (non-hydrogen) atoms. The molecule has 0 saturated carbocycles. The molecule has 0 saturated heterocycles. The second-order valence-electron chi connectivity index (χ2n) is 3.08. The Bertz CT molecular complexity index is 421. The van der Waals surface area contributed by atoms with Crippen molar-refractivity contribution in [2.24, 2.45) is 5.73 Å². The lowest BCUT2D eigenvalue weighted by molar-refractivity contribution is -0.0552. The van der Waals surface area contributed by atoms with Gasteiger partial charge in [0.15, 0.2) is 0 Å². The van der Waals surface area contributed by atoms with Crippen LogP contribution in [0.25, 0.3) is 5.70 Å². The molecule has 0 atom stereocenters. The Labute approximate surface area is 95.7 Å². The van der Waals surface area contributed by atoms with Crippen LogP contribution >= 0.6 is 12.2 Å². The summed E-state index contributed by atoms with van der Waals surface area (Å²) in [6.45, 7) is 0. The van der Waals surface area contributed by atoms with Crippen LogP contribution in [0, 0.1) is 0 Å². The smallest absolute Gasteiger partial charge is 0.399 e. The maximum Gasteiger partial charge on any atom is 0.426 e. The third-order valence-electron chi connectivity index (χ3n) is 1.81. The van der Waals surface area contributed by atoms with Crippen LogP contribution in [0.4, 0.5) is 18.9 Å². The van der Waals surface area contributed by atoms with E-state index >= 15 is 0 Å². The number of rotatable bonds is 2. The first-order chi connectivity index (χ1) is 7.30. The van der Waals surface area contributed by atoms with Crippen molar-refractivity contribution in [3.8, 4) is 0 Å². The SMILES string of the molecule is NC(=CC(=S)C(F)(F)F)c1ccc(N)cc1. The fraction of sp³-hybridized carbons (Fsp3) is 0.100. The summed E-state index contributed by atoms with van der Waals surface area (Å²) in [4.78, 5) is -1.15. The standard InChI is InChI=1S/C10H9F3N2S/c11-10(12,13)9(16)5-8(15)6-1-3-7(14)4-2-6/h1-5H,14-15H2. The number of alkyl halides is 3.